The topological polar surface area (TPSA) is 24.5 Å². The number of nitrogens with zero attached hydrogens (tertiary/aromatic N) is 1. The van der Waals surface area contributed by atoms with Crippen molar-refractivity contribution in [1.29, 1.82) is 0 Å². The average Bonchev–Trinajstić information content (AvgIpc) is 2.49. The fraction of sp³-hybridized carbons (Fsp3) is 0.278. The molecule has 0 aliphatic rings. The zero-order valence-corrected chi connectivity index (χ0v) is 14.1. The fourth-order valence-corrected chi connectivity index (χ4v) is 2.33. The predicted molar refractivity (Wildman–Crippen MR) is 96.5 cm³/mol. The summed E-state index contributed by atoms with van der Waals surface area (Å²) >= 11 is 5.46. The molecule has 0 saturated heterocycles. The maximum Gasteiger partial charge on any atom is 0.173 e. The molecular weight excluding hydrogens is 292 g/mol. The largest absolute Gasteiger partial charge is 0.494 e. The van der Waals surface area contributed by atoms with E-state index in [0.29, 0.717) is 11.7 Å². The lowest BCUT2D eigenvalue weighted by Crippen LogP contribution is -2.30. The first-order chi connectivity index (χ1) is 10.6. The zero-order valence-electron chi connectivity index (χ0n) is 13.3. The lowest BCUT2D eigenvalue weighted by atomic mass is 10.2. The second-order valence-electron chi connectivity index (χ2n) is 5.23. The Bertz CT molecular complexity index is 625. The van der Waals surface area contributed by atoms with Crippen LogP contribution in [-0.2, 0) is 6.54 Å². The summed E-state index contributed by atoms with van der Waals surface area (Å²) in [5.41, 5.74) is 3.42. The van der Waals surface area contributed by atoms with Crippen LogP contribution in [0.25, 0.3) is 0 Å². The minimum Gasteiger partial charge on any atom is -0.494 e. The second kappa shape index (κ2) is 7.80. The number of aryl methyl sites for hydroxylation is 1. The third-order valence-corrected chi connectivity index (χ3v) is 3.68. The van der Waals surface area contributed by atoms with Crippen LogP contribution in [0, 0.1) is 6.92 Å². The molecule has 0 aromatic heterocycles. The van der Waals surface area contributed by atoms with Gasteiger partial charge in [-0.15, -0.1) is 0 Å². The summed E-state index contributed by atoms with van der Waals surface area (Å²) < 4.78 is 5.45. The van der Waals surface area contributed by atoms with Crippen LogP contribution in [0.1, 0.15) is 18.1 Å². The molecule has 0 radical (unpaired) electrons. The molecule has 0 bridgehead atoms. The molecule has 2 aromatic rings. The van der Waals surface area contributed by atoms with E-state index < -0.39 is 0 Å². The van der Waals surface area contributed by atoms with E-state index in [0.717, 1.165) is 18.0 Å². The lowest BCUT2D eigenvalue weighted by molar-refractivity contribution is 0.340. The highest BCUT2D eigenvalue weighted by molar-refractivity contribution is 7.80. The van der Waals surface area contributed by atoms with Gasteiger partial charge in [-0.05, 0) is 61.5 Å². The Labute approximate surface area is 137 Å². The van der Waals surface area contributed by atoms with Gasteiger partial charge in [-0.25, -0.2) is 0 Å². The van der Waals surface area contributed by atoms with Gasteiger partial charge >= 0.3 is 0 Å². The molecule has 0 aliphatic heterocycles. The summed E-state index contributed by atoms with van der Waals surface area (Å²) in [6.45, 7) is 5.49. The number of hydrogen-bond donors (Lipinski definition) is 1. The van der Waals surface area contributed by atoms with Crippen LogP contribution >= 0.6 is 12.2 Å². The van der Waals surface area contributed by atoms with Gasteiger partial charge in [0.15, 0.2) is 5.11 Å². The average molecular weight is 314 g/mol. The molecule has 2 aromatic carbocycles. The van der Waals surface area contributed by atoms with Crippen LogP contribution in [0.2, 0.25) is 0 Å². The monoisotopic (exact) mass is 314 g/mol. The van der Waals surface area contributed by atoms with Crippen molar-refractivity contribution in [2.45, 2.75) is 20.4 Å². The van der Waals surface area contributed by atoms with Crippen LogP contribution in [0.5, 0.6) is 5.75 Å². The van der Waals surface area contributed by atoms with Gasteiger partial charge in [0.1, 0.15) is 5.75 Å². The molecule has 0 unspecified atom stereocenters. The summed E-state index contributed by atoms with van der Waals surface area (Å²) in [6, 6.07) is 16.3. The van der Waals surface area contributed by atoms with Gasteiger partial charge in [0.25, 0.3) is 0 Å². The number of hydrogen-bond acceptors (Lipinski definition) is 2. The van der Waals surface area contributed by atoms with Crippen LogP contribution in [0.3, 0.4) is 0 Å². The van der Waals surface area contributed by atoms with Gasteiger partial charge in [0, 0.05) is 19.3 Å². The first kappa shape index (κ1) is 16.3. The standard InChI is InChI=1S/C18H22N2OS/c1-4-21-17-10-8-15(9-11-17)13-20(3)18(22)19-16-7-5-6-14(2)12-16/h5-12H,4,13H2,1-3H3,(H,19,22). The number of thiocarbonyl (C=S) groups is 1. The van der Waals surface area contributed by atoms with Crippen LogP contribution in [-0.4, -0.2) is 23.7 Å². The molecule has 0 amide bonds. The van der Waals surface area contributed by atoms with Crippen molar-refractivity contribution in [2.24, 2.45) is 0 Å². The zero-order chi connectivity index (χ0) is 15.9. The van der Waals surface area contributed by atoms with Gasteiger partial charge in [0.2, 0.25) is 0 Å². The number of anilines is 1. The van der Waals surface area contributed by atoms with Crippen LogP contribution < -0.4 is 10.1 Å². The van der Waals surface area contributed by atoms with Crippen molar-refractivity contribution in [1.82, 2.24) is 4.90 Å². The Morgan fingerprint density at radius 1 is 1.18 bits per heavy atom. The minimum absolute atomic E-state index is 0.684. The summed E-state index contributed by atoms with van der Waals surface area (Å²) in [5, 5.41) is 3.97. The van der Waals surface area contributed by atoms with E-state index in [9.17, 15) is 0 Å². The summed E-state index contributed by atoms with van der Waals surface area (Å²) in [5.74, 6) is 0.898. The van der Waals surface area contributed by atoms with Crippen molar-refractivity contribution >= 4 is 23.0 Å². The van der Waals surface area contributed by atoms with Crippen molar-refractivity contribution in [3.05, 3.63) is 59.7 Å². The third kappa shape index (κ3) is 4.74. The number of ether oxygens (including phenoxy) is 1. The van der Waals surface area contributed by atoms with Gasteiger partial charge in [0.05, 0.1) is 6.61 Å². The fourth-order valence-electron chi connectivity index (χ4n) is 2.15. The number of benzene rings is 2. The van der Waals surface area contributed by atoms with E-state index in [1.807, 2.05) is 43.1 Å². The Hall–Kier alpha value is -2.07. The normalized spacial score (nSPS) is 10.1. The van der Waals surface area contributed by atoms with Crippen molar-refractivity contribution in [3.8, 4) is 5.75 Å². The van der Waals surface area contributed by atoms with E-state index in [4.69, 9.17) is 17.0 Å². The molecular formula is C18H22N2OS. The SMILES string of the molecule is CCOc1ccc(CN(C)C(=S)Nc2cccc(C)c2)cc1. The van der Waals surface area contributed by atoms with E-state index in [2.05, 4.69) is 36.5 Å². The first-order valence-corrected chi connectivity index (χ1v) is 7.80. The Balaban J connectivity index is 1.93. The van der Waals surface area contributed by atoms with Gasteiger partial charge in [-0.1, -0.05) is 24.3 Å². The van der Waals surface area contributed by atoms with E-state index in [-0.39, 0.29) is 0 Å². The molecule has 1 N–H and O–H groups in total. The molecule has 0 saturated carbocycles. The van der Waals surface area contributed by atoms with Crippen molar-refractivity contribution in [3.63, 3.8) is 0 Å². The van der Waals surface area contributed by atoms with Crippen LogP contribution in [0.15, 0.2) is 48.5 Å². The Morgan fingerprint density at radius 2 is 1.91 bits per heavy atom. The van der Waals surface area contributed by atoms with Gasteiger partial charge < -0.3 is 15.0 Å². The Kier molecular flexibility index (Phi) is 5.78. The van der Waals surface area contributed by atoms with Crippen molar-refractivity contribution in [2.75, 3.05) is 19.0 Å². The van der Waals surface area contributed by atoms with E-state index in [1.54, 1.807) is 0 Å². The molecule has 0 spiro atoms. The molecule has 3 nitrogen and oxygen atoms in total. The predicted octanol–water partition coefficient (Wildman–Crippen LogP) is 4.22. The summed E-state index contributed by atoms with van der Waals surface area (Å²) in [6.07, 6.45) is 0. The molecule has 2 rings (SSSR count). The summed E-state index contributed by atoms with van der Waals surface area (Å²) in [7, 11) is 1.99. The highest BCUT2D eigenvalue weighted by atomic mass is 32.1. The smallest absolute Gasteiger partial charge is 0.173 e. The van der Waals surface area contributed by atoms with Gasteiger partial charge in [-0.3, -0.25) is 0 Å². The molecule has 116 valence electrons. The molecule has 0 aliphatic carbocycles. The van der Waals surface area contributed by atoms with Crippen molar-refractivity contribution < 1.29 is 4.74 Å². The third-order valence-electron chi connectivity index (χ3n) is 3.27. The maximum atomic E-state index is 5.46. The Morgan fingerprint density at radius 3 is 2.55 bits per heavy atom. The molecule has 0 heterocycles. The molecule has 0 atom stereocenters. The highest BCUT2D eigenvalue weighted by Gasteiger charge is 2.06. The second-order valence-corrected chi connectivity index (χ2v) is 5.62. The lowest BCUT2D eigenvalue weighted by Gasteiger charge is -2.21. The van der Waals surface area contributed by atoms with Gasteiger partial charge in [-0.2, -0.15) is 0 Å². The quantitative estimate of drug-likeness (QED) is 0.835. The maximum absolute atomic E-state index is 5.46. The highest BCUT2D eigenvalue weighted by Crippen LogP contribution is 2.14. The molecule has 22 heavy (non-hydrogen) atoms. The summed E-state index contributed by atoms with van der Waals surface area (Å²) in [4.78, 5) is 2.02. The van der Waals surface area contributed by atoms with E-state index in [1.165, 1.54) is 11.1 Å². The van der Waals surface area contributed by atoms with E-state index >= 15 is 0 Å². The molecule has 0 fully saturated rings. The minimum atomic E-state index is 0.684. The van der Waals surface area contributed by atoms with Crippen LogP contribution in [0.4, 0.5) is 5.69 Å². The number of rotatable bonds is 5. The molecule has 4 heteroatoms. The number of nitrogens with one attached hydrogen (secondary N) is 1. The first-order valence-electron chi connectivity index (χ1n) is 7.39.